The summed E-state index contributed by atoms with van der Waals surface area (Å²) < 4.78 is 28.1. The fraction of sp³-hybridized carbons (Fsp3) is 0.250. The molecule has 5 amide bonds. The van der Waals surface area contributed by atoms with Crippen LogP contribution in [0.2, 0.25) is 0 Å². The first-order valence-electron chi connectivity index (χ1n) is 13.9. The van der Waals surface area contributed by atoms with Crippen LogP contribution in [0.3, 0.4) is 0 Å². The molecule has 0 aliphatic carbocycles. The maximum Gasteiger partial charge on any atom is 0.335 e. The van der Waals surface area contributed by atoms with Gasteiger partial charge in [-0.1, -0.05) is 6.92 Å². The van der Waals surface area contributed by atoms with Gasteiger partial charge in [-0.2, -0.15) is 0 Å². The van der Waals surface area contributed by atoms with Crippen molar-refractivity contribution in [3.8, 4) is 28.7 Å². The molecule has 1 aliphatic heterocycles. The van der Waals surface area contributed by atoms with Gasteiger partial charge >= 0.3 is 6.03 Å². The Morgan fingerprint density at radius 2 is 1.67 bits per heavy atom. The predicted octanol–water partition coefficient (Wildman–Crippen LogP) is 5.34. The van der Waals surface area contributed by atoms with Crippen LogP contribution in [0, 0.1) is 0 Å². The van der Waals surface area contributed by atoms with Gasteiger partial charge in [0.25, 0.3) is 17.7 Å². The van der Waals surface area contributed by atoms with Crippen LogP contribution in [0.4, 0.5) is 16.2 Å². The number of nitrogens with zero attached hydrogens (tertiary/aromatic N) is 1. The van der Waals surface area contributed by atoms with E-state index in [1.165, 1.54) is 25.3 Å². The number of hydrogen-bond acceptors (Lipinski definition) is 9. The fourth-order valence-electron chi connectivity index (χ4n) is 4.27. The van der Waals surface area contributed by atoms with Crippen molar-refractivity contribution in [1.82, 2.24) is 5.32 Å². The zero-order chi connectivity index (χ0) is 32.5. The summed E-state index contributed by atoms with van der Waals surface area (Å²) in [4.78, 5) is 52.5. The largest absolute Gasteiger partial charge is 0.497 e. The van der Waals surface area contributed by atoms with Crippen molar-refractivity contribution in [3.05, 3.63) is 70.2 Å². The summed E-state index contributed by atoms with van der Waals surface area (Å²) in [6.45, 7) is 4.13. The lowest BCUT2D eigenvalue weighted by atomic mass is 10.1. The van der Waals surface area contributed by atoms with Crippen molar-refractivity contribution in [3.63, 3.8) is 0 Å². The summed E-state index contributed by atoms with van der Waals surface area (Å²) in [5.41, 5.74) is 0.859. The summed E-state index contributed by atoms with van der Waals surface area (Å²) in [6.07, 6.45) is 2.11. The molecule has 2 N–H and O–H groups in total. The summed E-state index contributed by atoms with van der Waals surface area (Å²) in [7, 11) is 3.00. The number of nitrogens with one attached hydrogen (secondary N) is 2. The van der Waals surface area contributed by atoms with E-state index in [2.05, 4.69) is 26.6 Å². The van der Waals surface area contributed by atoms with Gasteiger partial charge in [0, 0.05) is 11.8 Å². The van der Waals surface area contributed by atoms with E-state index in [-0.39, 0.29) is 36.0 Å². The van der Waals surface area contributed by atoms with Crippen molar-refractivity contribution >= 4 is 57.1 Å². The number of imide groups is 2. The molecule has 4 rings (SSSR count). The first kappa shape index (κ1) is 32.9. The van der Waals surface area contributed by atoms with E-state index in [1.54, 1.807) is 56.5 Å². The molecule has 0 spiro atoms. The summed E-state index contributed by atoms with van der Waals surface area (Å²) in [5, 5.41) is 4.94. The molecule has 1 fully saturated rings. The topological polar surface area (TPSA) is 142 Å². The van der Waals surface area contributed by atoms with Gasteiger partial charge in [0.2, 0.25) is 0 Å². The number of carbonyl (C=O) groups excluding carboxylic acids is 4. The molecule has 3 aromatic carbocycles. The zero-order valence-electron chi connectivity index (χ0n) is 25.1. The van der Waals surface area contributed by atoms with Crippen LogP contribution in [0.1, 0.15) is 25.8 Å². The minimum absolute atomic E-state index is 0.185. The first-order chi connectivity index (χ1) is 21.7. The number of barbiturate groups is 1. The van der Waals surface area contributed by atoms with E-state index >= 15 is 0 Å². The molecular formula is C32H32BrN3O9. The average Bonchev–Trinajstić information content (AvgIpc) is 3.02. The SMILES string of the molecule is CCCOc1ccc(N2C(=O)NC(=O)/C(=C/c3cc(Br)c(OCC(=O)Nc4ccc(OC)cc4)c(OCC)c3)C2=O)cc1OC. The van der Waals surface area contributed by atoms with Crippen molar-refractivity contribution in [2.24, 2.45) is 0 Å². The highest BCUT2D eigenvalue weighted by molar-refractivity contribution is 9.10. The molecule has 45 heavy (non-hydrogen) atoms. The number of carbonyl (C=O) groups is 4. The summed E-state index contributed by atoms with van der Waals surface area (Å²) in [5.74, 6) is -0.160. The standard InChI is InChI=1S/C32H32BrN3O9/c1-5-13-44-25-12-9-21(17-26(25)42-4)36-31(39)23(30(38)35-32(36)40)14-19-15-24(33)29(27(16-19)43-6-2)45-18-28(37)34-20-7-10-22(41-3)11-8-20/h7-12,14-17H,5-6,13,18H2,1-4H3,(H,34,37)(H,35,38,40)/b23-14-. The van der Waals surface area contributed by atoms with Gasteiger partial charge in [0.1, 0.15) is 11.3 Å². The number of halogens is 1. The third kappa shape index (κ3) is 7.92. The Morgan fingerprint density at radius 1 is 0.911 bits per heavy atom. The third-order valence-corrected chi connectivity index (χ3v) is 6.92. The Bertz CT molecular complexity index is 1620. The number of urea groups is 1. The monoisotopic (exact) mass is 681 g/mol. The van der Waals surface area contributed by atoms with Gasteiger partial charge < -0.3 is 29.0 Å². The molecule has 3 aromatic rings. The lowest BCUT2D eigenvalue weighted by Crippen LogP contribution is -2.54. The number of methoxy groups -OCH3 is 2. The molecule has 0 saturated carbocycles. The van der Waals surface area contributed by atoms with E-state index in [0.717, 1.165) is 11.3 Å². The fourth-order valence-corrected chi connectivity index (χ4v) is 4.84. The van der Waals surface area contributed by atoms with Gasteiger partial charge in [0.05, 0.1) is 37.6 Å². The van der Waals surface area contributed by atoms with Crippen LogP contribution in [-0.2, 0) is 14.4 Å². The van der Waals surface area contributed by atoms with Crippen molar-refractivity contribution in [1.29, 1.82) is 0 Å². The third-order valence-electron chi connectivity index (χ3n) is 6.33. The maximum absolute atomic E-state index is 13.5. The summed E-state index contributed by atoms with van der Waals surface area (Å²) >= 11 is 3.44. The van der Waals surface area contributed by atoms with Gasteiger partial charge in [-0.3, -0.25) is 19.7 Å². The van der Waals surface area contributed by atoms with E-state index in [1.807, 2.05) is 6.92 Å². The number of ether oxygens (including phenoxy) is 5. The molecule has 236 valence electrons. The molecule has 0 atom stereocenters. The van der Waals surface area contributed by atoms with Crippen LogP contribution < -0.4 is 39.2 Å². The molecule has 0 aromatic heterocycles. The first-order valence-corrected chi connectivity index (χ1v) is 14.7. The number of benzene rings is 3. The van der Waals surface area contributed by atoms with Crippen LogP contribution >= 0.6 is 15.9 Å². The second-order valence-corrected chi connectivity index (χ2v) is 10.3. The normalized spacial score (nSPS) is 13.8. The van der Waals surface area contributed by atoms with Gasteiger partial charge in [-0.25, -0.2) is 9.69 Å². The molecule has 0 bridgehead atoms. The number of hydrogen-bond donors (Lipinski definition) is 2. The van der Waals surface area contributed by atoms with Gasteiger partial charge in [-0.05, 0) is 89.4 Å². The average molecular weight is 683 g/mol. The molecule has 0 unspecified atom stereocenters. The Hall–Kier alpha value is -5.04. The molecule has 1 saturated heterocycles. The highest BCUT2D eigenvalue weighted by atomic mass is 79.9. The van der Waals surface area contributed by atoms with Crippen LogP contribution in [0.25, 0.3) is 6.08 Å². The molecule has 1 aliphatic rings. The summed E-state index contributed by atoms with van der Waals surface area (Å²) in [6, 6.07) is 13.7. The van der Waals surface area contributed by atoms with E-state index in [9.17, 15) is 19.2 Å². The van der Waals surface area contributed by atoms with E-state index in [0.29, 0.717) is 39.6 Å². The highest BCUT2D eigenvalue weighted by Gasteiger charge is 2.37. The molecule has 13 heteroatoms. The Labute approximate surface area is 268 Å². The van der Waals surface area contributed by atoms with Crippen molar-refractivity contribution in [2.45, 2.75) is 20.3 Å². The Kier molecular flexibility index (Phi) is 11.0. The smallest absolute Gasteiger partial charge is 0.335 e. The van der Waals surface area contributed by atoms with E-state index in [4.69, 9.17) is 23.7 Å². The van der Waals surface area contributed by atoms with Crippen molar-refractivity contribution < 1.29 is 42.9 Å². The minimum atomic E-state index is -0.903. The van der Waals surface area contributed by atoms with Crippen LogP contribution in [0.15, 0.2) is 64.6 Å². The number of anilines is 2. The molecular weight excluding hydrogens is 650 g/mol. The maximum atomic E-state index is 13.5. The number of rotatable bonds is 13. The second-order valence-electron chi connectivity index (χ2n) is 9.47. The quantitative estimate of drug-likeness (QED) is 0.181. The van der Waals surface area contributed by atoms with Gasteiger partial charge in [0.15, 0.2) is 29.6 Å². The lowest BCUT2D eigenvalue weighted by Gasteiger charge is -2.27. The molecule has 1 heterocycles. The Morgan fingerprint density at radius 3 is 2.33 bits per heavy atom. The zero-order valence-corrected chi connectivity index (χ0v) is 26.7. The van der Waals surface area contributed by atoms with E-state index < -0.39 is 23.8 Å². The minimum Gasteiger partial charge on any atom is -0.497 e. The van der Waals surface area contributed by atoms with Crippen molar-refractivity contribution in [2.75, 3.05) is 44.3 Å². The lowest BCUT2D eigenvalue weighted by molar-refractivity contribution is -0.122. The van der Waals surface area contributed by atoms with Crippen LogP contribution in [0.5, 0.6) is 28.7 Å². The Balaban J connectivity index is 1.57. The van der Waals surface area contributed by atoms with Gasteiger partial charge in [-0.15, -0.1) is 0 Å². The molecule has 12 nitrogen and oxygen atoms in total. The molecule has 0 radical (unpaired) electrons. The van der Waals surface area contributed by atoms with Crippen LogP contribution in [-0.4, -0.2) is 57.8 Å². The number of amides is 5. The predicted molar refractivity (Wildman–Crippen MR) is 170 cm³/mol. The second kappa shape index (κ2) is 15.1. The highest BCUT2D eigenvalue weighted by Crippen LogP contribution is 2.38.